The van der Waals surface area contributed by atoms with Crippen LogP contribution in [0.4, 0.5) is 0 Å². The lowest BCUT2D eigenvalue weighted by molar-refractivity contribution is 0.127. The molecular weight excluding hydrogens is 150 g/mol. The van der Waals surface area contributed by atoms with Crippen LogP contribution >= 0.6 is 0 Å². The Kier molecular flexibility index (Phi) is 3.48. The molecule has 0 aliphatic rings. The molecule has 2 heteroatoms. The first-order valence-corrected chi connectivity index (χ1v) is 3.94. The Morgan fingerprint density at radius 1 is 1.33 bits per heavy atom. The first-order valence-electron chi connectivity index (χ1n) is 3.94. The first-order chi connectivity index (χ1) is 5.83. The van der Waals surface area contributed by atoms with Gasteiger partial charge in [-0.15, -0.1) is 0 Å². The van der Waals surface area contributed by atoms with Crippen LogP contribution in [0, 0.1) is 0 Å². The molecule has 0 N–H and O–H groups in total. The van der Waals surface area contributed by atoms with E-state index in [4.69, 9.17) is 4.74 Å². The van der Waals surface area contributed by atoms with Gasteiger partial charge in [-0.05, 0) is 12.5 Å². The van der Waals surface area contributed by atoms with Gasteiger partial charge in [0.2, 0.25) is 0 Å². The maximum absolute atomic E-state index is 4.97. The Bertz CT molecular complexity index is 243. The fraction of sp³-hybridized carbons (Fsp3) is 0.300. The number of hydrogen-bond donors (Lipinski definition) is 0. The predicted octanol–water partition coefficient (Wildman–Crippen LogP) is 2.10. The number of nitrogens with zero attached hydrogens (tertiary/aromatic N) is 1. The van der Waals surface area contributed by atoms with Crippen LogP contribution in [-0.2, 0) is 4.74 Å². The summed E-state index contributed by atoms with van der Waals surface area (Å²) in [5.74, 6) is 0. The molecule has 0 amide bonds. The molecule has 0 heterocycles. The van der Waals surface area contributed by atoms with Gasteiger partial charge in [0.25, 0.3) is 0 Å². The number of aliphatic imine (C=N–C) groups is 1. The van der Waals surface area contributed by atoms with E-state index in [0.717, 1.165) is 5.56 Å². The molecule has 1 rings (SSSR count). The SMILES string of the molecule is COC(C)/N=C/c1ccccc1. The van der Waals surface area contributed by atoms with E-state index in [1.807, 2.05) is 43.5 Å². The molecule has 1 atom stereocenters. The Morgan fingerprint density at radius 2 is 2.00 bits per heavy atom. The summed E-state index contributed by atoms with van der Waals surface area (Å²) in [5, 5.41) is 0. The van der Waals surface area contributed by atoms with Crippen molar-refractivity contribution < 1.29 is 4.74 Å². The van der Waals surface area contributed by atoms with Crippen LogP contribution in [0.1, 0.15) is 12.5 Å². The molecular formula is C10H13NO. The smallest absolute Gasteiger partial charge is 0.145 e. The summed E-state index contributed by atoms with van der Waals surface area (Å²) in [6, 6.07) is 9.96. The Balaban J connectivity index is 2.58. The molecule has 0 aromatic heterocycles. The van der Waals surface area contributed by atoms with Crippen LogP contribution in [0.2, 0.25) is 0 Å². The summed E-state index contributed by atoms with van der Waals surface area (Å²) in [4.78, 5) is 4.17. The topological polar surface area (TPSA) is 21.6 Å². The van der Waals surface area contributed by atoms with Gasteiger partial charge >= 0.3 is 0 Å². The first kappa shape index (κ1) is 8.94. The standard InChI is InChI=1S/C10H13NO/c1-9(12-2)11-8-10-6-4-3-5-7-10/h3-9H,1-2H3/b11-8+. The molecule has 12 heavy (non-hydrogen) atoms. The summed E-state index contributed by atoms with van der Waals surface area (Å²) < 4.78 is 4.97. The van der Waals surface area contributed by atoms with Crippen molar-refractivity contribution in [3.05, 3.63) is 35.9 Å². The van der Waals surface area contributed by atoms with Gasteiger partial charge in [-0.25, -0.2) is 0 Å². The van der Waals surface area contributed by atoms with E-state index < -0.39 is 0 Å². The van der Waals surface area contributed by atoms with Crippen LogP contribution in [0.25, 0.3) is 0 Å². The summed E-state index contributed by atoms with van der Waals surface area (Å²) in [7, 11) is 1.65. The van der Waals surface area contributed by atoms with Crippen molar-refractivity contribution in [2.24, 2.45) is 4.99 Å². The number of methoxy groups -OCH3 is 1. The summed E-state index contributed by atoms with van der Waals surface area (Å²) in [6.45, 7) is 1.90. The van der Waals surface area contributed by atoms with E-state index in [9.17, 15) is 0 Å². The molecule has 1 unspecified atom stereocenters. The van der Waals surface area contributed by atoms with Gasteiger partial charge < -0.3 is 4.74 Å². The molecule has 0 saturated heterocycles. The van der Waals surface area contributed by atoms with Crippen LogP contribution in [0.3, 0.4) is 0 Å². The highest BCUT2D eigenvalue weighted by Gasteiger charge is 1.90. The average molecular weight is 163 g/mol. The third-order valence-corrected chi connectivity index (χ3v) is 1.57. The third-order valence-electron chi connectivity index (χ3n) is 1.57. The van der Waals surface area contributed by atoms with Gasteiger partial charge in [0.05, 0.1) is 0 Å². The largest absolute Gasteiger partial charge is 0.360 e. The average Bonchev–Trinajstić information content (AvgIpc) is 2.16. The molecule has 0 radical (unpaired) electrons. The van der Waals surface area contributed by atoms with Crippen molar-refractivity contribution >= 4 is 6.21 Å². The van der Waals surface area contributed by atoms with Gasteiger partial charge in [-0.2, -0.15) is 0 Å². The fourth-order valence-electron chi connectivity index (χ4n) is 0.791. The zero-order chi connectivity index (χ0) is 8.81. The molecule has 2 nitrogen and oxygen atoms in total. The second-order valence-electron chi connectivity index (χ2n) is 2.52. The van der Waals surface area contributed by atoms with E-state index in [-0.39, 0.29) is 6.23 Å². The molecule has 0 aliphatic heterocycles. The van der Waals surface area contributed by atoms with Crippen molar-refractivity contribution in [3.8, 4) is 0 Å². The molecule has 64 valence electrons. The summed E-state index contributed by atoms with van der Waals surface area (Å²) >= 11 is 0. The minimum absolute atomic E-state index is 0.0646. The zero-order valence-corrected chi connectivity index (χ0v) is 7.40. The van der Waals surface area contributed by atoms with Gasteiger partial charge in [0.15, 0.2) is 0 Å². The van der Waals surface area contributed by atoms with Crippen LogP contribution in [0.5, 0.6) is 0 Å². The Hall–Kier alpha value is -1.15. The fourth-order valence-corrected chi connectivity index (χ4v) is 0.791. The monoisotopic (exact) mass is 163 g/mol. The van der Waals surface area contributed by atoms with Gasteiger partial charge in [-0.1, -0.05) is 30.3 Å². The van der Waals surface area contributed by atoms with Crippen LogP contribution in [0.15, 0.2) is 35.3 Å². The number of hydrogen-bond acceptors (Lipinski definition) is 2. The lowest BCUT2D eigenvalue weighted by Gasteiger charge is -2.00. The van der Waals surface area contributed by atoms with Crippen molar-refractivity contribution in [2.45, 2.75) is 13.2 Å². The van der Waals surface area contributed by atoms with Gasteiger partial charge in [-0.3, -0.25) is 4.99 Å². The highest BCUT2D eigenvalue weighted by molar-refractivity contribution is 5.79. The van der Waals surface area contributed by atoms with E-state index in [1.54, 1.807) is 7.11 Å². The highest BCUT2D eigenvalue weighted by Crippen LogP contribution is 1.96. The maximum Gasteiger partial charge on any atom is 0.145 e. The summed E-state index contributed by atoms with van der Waals surface area (Å²) in [5.41, 5.74) is 1.10. The lowest BCUT2D eigenvalue weighted by Crippen LogP contribution is -2.00. The second-order valence-corrected chi connectivity index (χ2v) is 2.52. The van der Waals surface area contributed by atoms with Crippen LogP contribution < -0.4 is 0 Å². The highest BCUT2D eigenvalue weighted by atomic mass is 16.5. The van der Waals surface area contributed by atoms with Gasteiger partial charge in [0, 0.05) is 13.3 Å². The Labute approximate surface area is 72.9 Å². The molecule has 0 saturated carbocycles. The number of benzene rings is 1. The van der Waals surface area contributed by atoms with Crippen LogP contribution in [-0.4, -0.2) is 19.6 Å². The van der Waals surface area contributed by atoms with E-state index >= 15 is 0 Å². The van der Waals surface area contributed by atoms with E-state index in [1.165, 1.54) is 0 Å². The van der Waals surface area contributed by atoms with Crippen molar-refractivity contribution in [3.63, 3.8) is 0 Å². The Morgan fingerprint density at radius 3 is 2.58 bits per heavy atom. The normalized spacial score (nSPS) is 13.5. The molecule has 1 aromatic rings. The molecule has 0 fully saturated rings. The minimum atomic E-state index is -0.0646. The third kappa shape index (κ3) is 2.84. The van der Waals surface area contributed by atoms with Crippen molar-refractivity contribution in [1.82, 2.24) is 0 Å². The predicted molar refractivity (Wildman–Crippen MR) is 50.5 cm³/mol. The van der Waals surface area contributed by atoms with Crippen molar-refractivity contribution in [2.75, 3.05) is 7.11 Å². The minimum Gasteiger partial charge on any atom is -0.360 e. The molecule has 0 spiro atoms. The number of ether oxygens (including phenoxy) is 1. The molecule has 0 bridgehead atoms. The van der Waals surface area contributed by atoms with E-state index in [2.05, 4.69) is 4.99 Å². The molecule has 1 aromatic carbocycles. The zero-order valence-electron chi connectivity index (χ0n) is 7.40. The maximum atomic E-state index is 4.97. The summed E-state index contributed by atoms with van der Waals surface area (Å²) in [6.07, 6.45) is 1.75. The van der Waals surface area contributed by atoms with E-state index in [0.29, 0.717) is 0 Å². The van der Waals surface area contributed by atoms with Crippen molar-refractivity contribution in [1.29, 1.82) is 0 Å². The quantitative estimate of drug-likeness (QED) is 0.625. The lowest BCUT2D eigenvalue weighted by atomic mass is 10.2. The number of rotatable bonds is 3. The second kappa shape index (κ2) is 4.67. The van der Waals surface area contributed by atoms with Gasteiger partial charge in [0.1, 0.15) is 6.23 Å². The molecule has 0 aliphatic carbocycles.